The van der Waals surface area contributed by atoms with Crippen LogP contribution in [0.3, 0.4) is 0 Å². The van der Waals surface area contributed by atoms with Crippen molar-refractivity contribution in [2.75, 3.05) is 20.8 Å². The molecule has 164 valence electrons. The number of H-pyrrole nitrogens is 1. The molecule has 2 aromatic heterocycles. The zero-order valence-corrected chi connectivity index (χ0v) is 18.2. The maximum atomic E-state index is 12.8. The lowest BCUT2D eigenvalue weighted by Gasteiger charge is -2.25. The second kappa shape index (κ2) is 8.03. The molecular formula is C24H24N4O4. The van der Waals surface area contributed by atoms with E-state index < -0.39 is 0 Å². The Balaban J connectivity index is 1.34. The molecule has 8 nitrogen and oxygen atoms in total. The van der Waals surface area contributed by atoms with E-state index in [-0.39, 0.29) is 17.9 Å². The highest BCUT2D eigenvalue weighted by atomic mass is 16.5. The summed E-state index contributed by atoms with van der Waals surface area (Å²) in [5.74, 6) is 2.26. The number of nitrogens with zero attached hydrogens (tertiary/aromatic N) is 3. The van der Waals surface area contributed by atoms with Crippen molar-refractivity contribution in [1.82, 2.24) is 20.0 Å². The highest BCUT2D eigenvalue weighted by Crippen LogP contribution is 2.36. The van der Waals surface area contributed by atoms with Gasteiger partial charge in [0, 0.05) is 36.2 Å². The fourth-order valence-electron chi connectivity index (χ4n) is 4.27. The third-order valence-corrected chi connectivity index (χ3v) is 6.12. The first-order chi connectivity index (χ1) is 15.6. The molecule has 1 saturated heterocycles. The molecule has 1 N–H and O–H groups in total. The maximum Gasteiger partial charge on any atom is 0.258 e. The fraction of sp³-hybridized carbons (Fsp3) is 0.292. The molecule has 2 unspecified atom stereocenters. The van der Waals surface area contributed by atoms with Crippen LogP contribution in [-0.4, -0.2) is 46.7 Å². The van der Waals surface area contributed by atoms with Crippen LogP contribution in [0.2, 0.25) is 0 Å². The molecule has 0 bridgehead atoms. The number of fused-ring (bicyclic) bond motifs is 1. The van der Waals surface area contributed by atoms with Crippen LogP contribution in [0.1, 0.15) is 36.7 Å². The lowest BCUT2D eigenvalue weighted by Crippen LogP contribution is -2.28. The molecule has 1 amide bonds. The summed E-state index contributed by atoms with van der Waals surface area (Å²) in [6.07, 6.45) is 2.25. The third kappa shape index (κ3) is 3.47. The van der Waals surface area contributed by atoms with Crippen molar-refractivity contribution < 1.29 is 18.8 Å². The Labute approximate surface area is 185 Å². The number of hydrogen-bond donors (Lipinski definition) is 1. The van der Waals surface area contributed by atoms with E-state index in [2.05, 4.69) is 15.1 Å². The number of aromatic amines is 1. The fourth-order valence-corrected chi connectivity index (χ4v) is 4.27. The number of likely N-dealkylation sites (tertiary alicyclic amines) is 1. The minimum absolute atomic E-state index is 0.0661. The van der Waals surface area contributed by atoms with Crippen molar-refractivity contribution in [1.29, 1.82) is 0 Å². The van der Waals surface area contributed by atoms with Gasteiger partial charge in [-0.2, -0.15) is 4.98 Å². The number of aromatic nitrogens is 3. The first-order valence-electron chi connectivity index (χ1n) is 10.5. The third-order valence-electron chi connectivity index (χ3n) is 6.12. The second-order valence-corrected chi connectivity index (χ2v) is 7.97. The van der Waals surface area contributed by atoms with Crippen LogP contribution in [-0.2, 0) is 4.79 Å². The Morgan fingerprint density at radius 1 is 1.12 bits per heavy atom. The Kier molecular flexibility index (Phi) is 5.05. The molecule has 0 aliphatic carbocycles. The van der Waals surface area contributed by atoms with Gasteiger partial charge in [0.05, 0.1) is 20.3 Å². The number of ether oxygens (including phenoxy) is 2. The average molecular weight is 432 g/mol. The molecule has 5 rings (SSSR count). The van der Waals surface area contributed by atoms with Crippen LogP contribution in [0.5, 0.6) is 11.5 Å². The molecule has 8 heteroatoms. The first kappa shape index (κ1) is 20.1. The zero-order chi connectivity index (χ0) is 22.2. The van der Waals surface area contributed by atoms with Crippen molar-refractivity contribution in [2.45, 2.75) is 25.3 Å². The number of nitrogens with one attached hydrogen (secondary N) is 1. The minimum atomic E-state index is -0.117. The summed E-state index contributed by atoms with van der Waals surface area (Å²) >= 11 is 0. The number of carbonyl (C=O) groups is 1. The van der Waals surface area contributed by atoms with Crippen LogP contribution < -0.4 is 9.47 Å². The number of rotatable bonds is 6. The molecule has 0 spiro atoms. The number of carbonyl (C=O) groups excluding carboxylic acids is 1. The van der Waals surface area contributed by atoms with Crippen molar-refractivity contribution in [3.8, 4) is 23.0 Å². The van der Waals surface area contributed by atoms with Crippen LogP contribution >= 0.6 is 0 Å². The number of hydrogen-bond acceptors (Lipinski definition) is 6. The summed E-state index contributed by atoms with van der Waals surface area (Å²) in [6, 6.07) is 13.6. The van der Waals surface area contributed by atoms with E-state index in [1.165, 1.54) is 0 Å². The smallest absolute Gasteiger partial charge is 0.258 e. The number of benzene rings is 2. The predicted molar refractivity (Wildman–Crippen MR) is 119 cm³/mol. The van der Waals surface area contributed by atoms with Gasteiger partial charge in [0.15, 0.2) is 17.3 Å². The maximum absolute atomic E-state index is 12.8. The van der Waals surface area contributed by atoms with E-state index in [4.69, 9.17) is 14.0 Å². The Bertz CT molecular complexity index is 1280. The van der Waals surface area contributed by atoms with Gasteiger partial charge in [-0.3, -0.25) is 4.79 Å². The largest absolute Gasteiger partial charge is 0.493 e. The van der Waals surface area contributed by atoms with Crippen molar-refractivity contribution in [3.05, 3.63) is 60.0 Å². The predicted octanol–water partition coefficient (Wildman–Crippen LogP) is 4.31. The van der Waals surface area contributed by atoms with E-state index in [9.17, 15) is 4.79 Å². The second-order valence-electron chi connectivity index (χ2n) is 7.97. The molecule has 0 saturated carbocycles. The summed E-state index contributed by atoms with van der Waals surface area (Å²) in [6.45, 7) is 2.54. The van der Waals surface area contributed by atoms with Gasteiger partial charge in [-0.25, -0.2) is 0 Å². The minimum Gasteiger partial charge on any atom is -0.493 e. The number of amides is 1. The van der Waals surface area contributed by atoms with Crippen molar-refractivity contribution >= 4 is 16.8 Å². The van der Waals surface area contributed by atoms with E-state index in [0.717, 1.165) is 22.0 Å². The quantitative estimate of drug-likeness (QED) is 0.488. The van der Waals surface area contributed by atoms with Crippen molar-refractivity contribution in [3.63, 3.8) is 0 Å². The Hall–Kier alpha value is -3.81. The Morgan fingerprint density at radius 2 is 1.97 bits per heavy atom. The summed E-state index contributed by atoms with van der Waals surface area (Å²) in [4.78, 5) is 22.5. The topological polar surface area (TPSA) is 93.5 Å². The van der Waals surface area contributed by atoms with Crippen LogP contribution in [0.15, 0.2) is 53.2 Å². The standard InChI is InChI=1S/C24H24N4O4/c1-14(16-6-7-20(30-2)21(11-16)31-3)28-13-18(12-22(28)29)23-26-24(32-27-23)17-5-4-15-8-9-25-19(15)10-17/h4-11,14,18,25H,12-13H2,1-3H3. The molecule has 4 aromatic rings. The van der Waals surface area contributed by atoms with E-state index in [1.54, 1.807) is 14.2 Å². The first-order valence-corrected chi connectivity index (χ1v) is 10.5. The lowest BCUT2D eigenvalue weighted by atomic mass is 10.1. The number of methoxy groups -OCH3 is 2. The molecule has 2 atom stereocenters. The monoisotopic (exact) mass is 432 g/mol. The molecule has 0 radical (unpaired) electrons. The molecule has 3 heterocycles. The average Bonchev–Trinajstić information content (AvgIpc) is 3.56. The Morgan fingerprint density at radius 3 is 2.78 bits per heavy atom. The normalized spacial score (nSPS) is 17.2. The van der Waals surface area contributed by atoms with Gasteiger partial charge in [-0.05, 0) is 48.2 Å². The van der Waals surface area contributed by atoms with Gasteiger partial charge >= 0.3 is 0 Å². The van der Waals surface area contributed by atoms with Gasteiger partial charge in [0.25, 0.3) is 5.89 Å². The highest BCUT2D eigenvalue weighted by Gasteiger charge is 2.36. The summed E-state index contributed by atoms with van der Waals surface area (Å²) < 4.78 is 16.3. The van der Waals surface area contributed by atoms with Crippen molar-refractivity contribution in [2.24, 2.45) is 0 Å². The molecule has 2 aromatic carbocycles. The van der Waals surface area contributed by atoms with Gasteiger partial charge in [-0.15, -0.1) is 0 Å². The van der Waals surface area contributed by atoms with E-state index in [1.807, 2.05) is 60.5 Å². The van der Waals surface area contributed by atoms with Gasteiger partial charge in [0.2, 0.25) is 5.91 Å². The molecule has 1 aliphatic heterocycles. The SMILES string of the molecule is COc1ccc(C(C)N2CC(c3noc(-c4ccc5cc[nH]c5c4)n3)CC2=O)cc1OC. The summed E-state index contributed by atoms with van der Waals surface area (Å²) in [5, 5.41) is 5.30. The van der Waals surface area contributed by atoms with Crippen LogP contribution in [0.25, 0.3) is 22.4 Å². The summed E-state index contributed by atoms with van der Waals surface area (Å²) in [7, 11) is 3.20. The lowest BCUT2D eigenvalue weighted by molar-refractivity contribution is -0.129. The van der Waals surface area contributed by atoms with Gasteiger partial charge < -0.3 is 23.9 Å². The molecule has 1 fully saturated rings. The highest BCUT2D eigenvalue weighted by molar-refractivity contribution is 5.83. The summed E-state index contributed by atoms with van der Waals surface area (Å²) in [5.41, 5.74) is 2.83. The van der Waals surface area contributed by atoms with E-state index in [0.29, 0.717) is 36.2 Å². The van der Waals surface area contributed by atoms with E-state index >= 15 is 0 Å². The van der Waals surface area contributed by atoms with Crippen LogP contribution in [0, 0.1) is 0 Å². The zero-order valence-electron chi connectivity index (χ0n) is 18.2. The van der Waals surface area contributed by atoms with Crippen LogP contribution in [0.4, 0.5) is 0 Å². The van der Waals surface area contributed by atoms with Gasteiger partial charge in [0.1, 0.15) is 0 Å². The molecule has 1 aliphatic rings. The van der Waals surface area contributed by atoms with Gasteiger partial charge in [-0.1, -0.05) is 17.3 Å². The molecule has 32 heavy (non-hydrogen) atoms. The molecular weight excluding hydrogens is 408 g/mol.